The zero-order valence-corrected chi connectivity index (χ0v) is 18.7. The lowest BCUT2D eigenvalue weighted by molar-refractivity contribution is -0.135. The highest BCUT2D eigenvalue weighted by molar-refractivity contribution is 6.30. The Labute approximate surface area is 200 Å². The molecule has 2 N–H and O–H groups in total. The van der Waals surface area contributed by atoms with Crippen LogP contribution in [-0.2, 0) is 16.1 Å². The first kappa shape index (κ1) is 22.3. The lowest BCUT2D eigenvalue weighted by atomic mass is 9.88. The number of hydrazine groups is 1. The second-order valence-corrected chi connectivity index (χ2v) is 8.81. The van der Waals surface area contributed by atoms with E-state index in [0.717, 1.165) is 5.69 Å². The minimum absolute atomic E-state index is 0.226. The SMILES string of the molecule is O=C(CN1NC2c3cc(F)ccc3N(Cc3ccccc3F)CC2C1=O)Nc1cccc(Cl)c1. The van der Waals surface area contributed by atoms with Crippen molar-refractivity contribution in [2.45, 2.75) is 12.6 Å². The molecule has 3 aromatic carbocycles. The van der Waals surface area contributed by atoms with Crippen LogP contribution in [0.2, 0.25) is 5.02 Å². The molecular formula is C25H21ClF2N4O2. The first-order valence-corrected chi connectivity index (χ1v) is 11.2. The van der Waals surface area contributed by atoms with Crippen molar-refractivity contribution < 1.29 is 18.4 Å². The van der Waals surface area contributed by atoms with Gasteiger partial charge in [-0.05, 0) is 48.0 Å². The summed E-state index contributed by atoms with van der Waals surface area (Å²) in [6, 6.07) is 17.0. The maximum Gasteiger partial charge on any atom is 0.245 e. The second-order valence-electron chi connectivity index (χ2n) is 8.37. The van der Waals surface area contributed by atoms with Crippen LogP contribution < -0.4 is 15.6 Å². The fraction of sp³-hybridized carbons (Fsp3) is 0.200. The zero-order chi connectivity index (χ0) is 23.8. The first-order valence-electron chi connectivity index (χ1n) is 10.8. The number of halogens is 3. The smallest absolute Gasteiger partial charge is 0.245 e. The van der Waals surface area contributed by atoms with Gasteiger partial charge < -0.3 is 10.2 Å². The molecule has 2 unspecified atom stereocenters. The number of anilines is 2. The van der Waals surface area contributed by atoms with Crippen molar-refractivity contribution in [2.75, 3.05) is 23.3 Å². The molecule has 6 nitrogen and oxygen atoms in total. The molecule has 2 amide bonds. The molecule has 0 spiro atoms. The molecule has 34 heavy (non-hydrogen) atoms. The van der Waals surface area contributed by atoms with E-state index in [1.165, 1.54) is 23.2 Å². The minimum atomic E-state index is -0.556. The third-order valence-corrected chi connectivity index (χ3v) is 6.33. The quantitative estimate of drug-likeness (QED) is 0.569. The van der Waals surface area contributed by atoms with E-state index in [9.17, 15) is 18.4 Å². The molecule has 9 heteroatoms. The van der Waals surface area contributed by atoms with Gasteiger partial charge in [-0.3, -0.25) is 14.6 Å². The number of rotatable bonds is 5. The largest absolute Gasteiger partial charge is 0.366 e. The molecule has 0 aliphatic carbocycles. The summed E-state index contributed by atoms with van der Waals surface area (Å²) in [5, 5.41) is 4.46. The van der Waals surface area contributed by atoms with Crippen LogP contribution in [0.3, 0.4) is 0 Å². The number of hydrogen-bond acceptors (Lipinski definition) is 4. The second kappa shape index (κ2) is 9.04. The van der Waals surface area contributed by atoms with Crippen molar-refractivity contribution in [3.05, 3.63) is 94.5 Å². The molecule has 2 aliphatic heterocycles. The van der Waals surface area contributed by atoms with E-state index in [-0.39, 0.29) is 24.8 Å². The number of carbonyl (C=O) groups excluding carboxylic acids is 2. The van der Waals surface area contributed by atoms with E-state index in [4.69, 9.17) is 11.6 Å². The van der Waals surface area contributed by atoms with E-state index in [0.29, 0.717) is 28.4 Å². The molecule has 0 bridgehead atoms. The molecule has 174 valence electrons. The Morgan fingerprint density at radius 3 is 2.71 bits per heavy atom. The Balaban J connectivity index is 1.37. The summed E-state index contributed by atoms with van der Waals surface area (Å²) in [5.74, 6) is -2.01. The third kappa shape index (κ3) is 4.34. The highest BCUT2D eigenvalue weighted by atomic mass is 35.5. The molecule has 2 atom stereocenters. The van der Waals surface area contributed by atoms with Crippen molar-refractivity contribution in [3.8, 4) is 0 Å². The Bertz CT molecular complexity index is 1270. The van der Waals surface area contributed by atoms with Gasteiger partial charge in [0.2, 0.25) is 11.8 Å². The average molecular weight is 483 g/mol. The van der Waals surface area contributed by atoms with Crippen molar-refractivity contribution in [2.24, 2.45) is 5.92 Å². The average Bonchev–Trinajstić information content (AvgIpc) is 3.10. The summed E-state index contributed by atoms with van der Waals surface area (Å²) in [7, 11) is 0. The molecule has 1 saturated heterocycles. The Kier molecular flexibility index (Phi) is 5.93. The molecule has 3 aromatic rings. The van der Waals surface area contributed by atoms with Gasteiger partial charge in [0.15, 0.2) is 0 Å². The molecule has 0 radical (unpaired) electrons. The lowest BCUT2D eigenvalue weighted by Crippen LogP contribution is -2.41. The van der Waals surface area contributed by atoms with E-state index >= 15 is 0 Å². The maximum absolute atomic E-state index is 14.3. The Morgan fingerprint density at radius 2 is 1.91 bits per heavy atom. The number of amides is 2. The van der Waals surface area contributed by atoms with Crippen LogP contribution in [0.15, 0.2) is 66.7 Å². The molecule has 1 fully saturated rings. The highest BCUT2D eigenvalue weighted by Crippen LogP contribution is 2.42. The van der Waals surface area contributed by atoms with Crippen LogP contribution in [-0.4, -0.2) is 29.9 Å². The maximum atomic E-state index is 14.3. The van der Waals surface area contributed by atoms with Crippen LogP contribution in [0.1, 0.15) is 17.2 Å². The van der Waals surface area contributed by atoms with Gasteiger partial charge in [0.25, 0.3) is 0 Å². The topological polar surface area (TPSA) is 64.7 Å². The van der Waals surface area contributed by atoms with Crippen LogP contribution in [0.25, 0.3) is 0 Å². The lowest BCUT2D eigenvalue weighted by Gasteiger charge is -2.36. The van der Waals surface area contributed by atoms with Gasteiger partial charge in [-0.2, -0.15) is 0 Å². The molecule has 2 aliphatic rings. The van der Waals surface area contributed by atoms with Crippen LogP contribution in [0.5, 0.6) is 0 Å². The number of fused-ring (bicyclic) bond motifs is 3. The fourth-order valence-corrected chi connectivity index (χ4v) is 4.74. The highest BCUT2D eigenvalue weighted by Gasteiger charge is 2.46. The van der Waals surface area contributed by atoms with E-state index < -0.39 is 23.7 Å². The molecule has 2 heterocycles. The number of hydrogen-bond donors (Lipinski definition) is 2. The Morgan fingerprint density at radius 1 is 1.09 bits per heavy atom. The van der Waals surface area contributed by atoms with E-state index in [1.54, 1.807) is 48.5 Å². The van der Waals surface area contributed by atoms with Crippen LogP contribution >= 0.6 is 11.6 Å². The summed E-state index contributed by atoms with van der Waals surface area (Å²) < 4.78 is 28.5. The van der Waals surface area contributed by atoms with Crippen molar-refractivity contribution in [1.82, 2.24) is 10.4 Å². The first-order chi connectivity index (χ1) is 16.4. The van der Waals surface area contributed by atoms with Gasteiger partial charge >= 0.3 is 0 Å². The van der Waals surface area contributed by atoms with Gasteiger partial charge in [0, 0.05) is 35.1 Å². The summed E-state index contributed by atoms with van der Waals surface area (Å²) in [6.07, 6.45) is 0. The predicted molar refractivity (Wildman–Crippen MR) is 125 cm³/mol. The number of benzene rings is 3. The molecule has 5 rings (SSSR count). The Hall–Kier alpha value is -3.49. The summed E-state index contributed by atoms with van der Waals surface area (Å²) in [6.45, 7) is 0.309. The standard InChI is InChI=1S/C25H21ClF2N4O2/c26-16-5-3-6-18(10-16)29-23(33)14-32-25(34)20-13-31(12-15-4-1-2-7-21(15)28)22-9-8-17(27)11-19(22)24(20)30-32/h1-11,20,24,30H,12-14H2,(H,29,33). The monoisotopic (exact) mass is 482 g/mol. The van der Waals surface area contributed by atoms with Gasteiger partial charge in [0.1, 0.15) is 18.2 Å². The number of nitrogens with one attached hydrogen (secondary N) is 2. The van der Waals surface area contributed by atoms with E-state index in [1.807, 2.05) is 4.90 Å². The van der Waals surface area contributed by atoms with Crippen molar-refractivity contribution in [1.29, 1.82) is 0 Å². The molecular weight excluding hydrogens is 462 g/mol. The summed E-state index contributed by atoms with van der Waals surface area (Å²) in [5.41, 5.74) is 5.39. The number of nitrogens with zero attached hydrogens (tertiary/aromatic N) is 2. The number of carbonyl (C=O) groups is 2. The van der Waals surface area contributed by atoms with Gasteiger partial charge in [0.05, 0.1) is 12.0 Å². The summed E-state index contributed by atoms with van der Waals surface area (Å²) in [4.78, 5) is 27.7. The van der Waals surface area contributed by atoms with Crippen molar-refractivity contribution >= 4 is 34.8 Å². The fourth-order valence-electron chi connectivity index (χ4n) is 4.55. The van der Waals surface area contributed by atoms with Crippen LogP contribution in [0.4, 0.5) is 20.2 Å². The van der Waals surface area contributed by atoms with Gasteiger partial charge in [-0.15, -0.1) is 0 Å². The molecule has 0 saturated carbocycles. The van der Waals surface area contributed by atoms with Crippen molar-refractivity contribution in [3.63, 3.8) is 0 Å². The predicted octanol–water partition coefficient (Wildman–Crippen LogP) is 4.28. The summed E-state index contributed by atoms with van der Waals surface area (Å²) >= 11 is 5.96. The van der Waals surface area contributed by atoms with E-state index in [2.05, 4.69) is 10.7 Å². The minimum Gasteiger partial charge on any atom is -0.366 e. The molecule has 0 aromatic heterocycles. The zero-order valence-electron chi connectivity index (χ0n) is 18.0. The van der Waals surface area contributed by atoms with Crippen LogP contribution in [0, 0.1) is 17.6 Å². The van der Waals surface area contributed by atoms with Gasteiger partial charge in [-0.25, -0.2) is 14.2 Å². The normalized spacial score (nSPS) is 19.1. The third-order valence-electron chi connectivity index (χ3n) is 6.09. The van der Waals surface area contributed by atoms with Gasteiger partial charge in [-0.1, -0.05) is 35.9 Å².